The Morgan fingerprint density at radius 2 is 2.00 bits per heavy atom. The fourth-order valence-electron chi connectivity index (χ4n) is 3.30. The predicted molar refractivity (Wildman–Crippen MR) is 105 cm³/mol. The maximum absolute atomic E-state index is 12.3. The smallest absolute Gasteiger partial charge is 0.224 e. The molecule has 26 heavy (non-hydrogen) atoms. The zero-order valence-corrected chi connectivity index (χ0v) is 15.7. The summed E-state index contributed by atoms with van der Waals surface area (Å²) in [6.07, 6.45) is 4.09. The third-order valence-electron chi connectivity index (χ3n) is 4.94. The van der Waals surface area contributed by atoms with Gasteiger partial charge >= 0.3 is 0 Å². The van der Waals surface area contributed by atoms with E-state index in [1.807, 2.05) is 12.1 Å². The first-order valence-electron chi connectivity index (χ1n) is 9.61. The van der Waals surface area contributed by atoms with Crippen molar-refractivity contribution in [2.75, 3.05) is 24.5 Å². The molecule has 1 amide bonds. The third-order valence-corrected chi connectivity index (χ3v) is 4.94. The Balaban J connectivity index is 1.63. The normalized spacial score (nSPS) is 17.2. The van der Waals surface area contributed by atoms with Gasteiger partial charge in [-0.05, 0) is 38.3 Å². The van der Waals surface area contributed by atoms with E-state index in [-0.39, 0.29) is 11.8 Å². The number of anilines is 1. The van der Waals surface area contributed by atoms with E-state index >= 15 is 0 Å². The van der Waals surface area contributed by atoms with Crippen LogP contribution in [0.5, 0.6) is 0 Å². The molecule has 1 N–H and O–H groups in total. The van der Waals surface area contributed by atoms with Crippen molar-refractivity contribution in [2.45, 2.75) is 39.5 Å². The number of benzene rings is 1. The molecule has 138 valence electrons. The lowest BCUT2D eigenvalue weighted by atomic mass is 9.97. The number of rotatable bonds is 6. The van der Waals surface area contributed by atoms with Crippen molar-refractivity contribution >= 4 is 11.7 Å². The van der Waals surface area contributed by atoms with Crippen LogP contribution in [0.4, 0.5) is 5.82 Å². The number of carbonyl (C=O) groups excluding carboxylic acids is 1. The summed E-state index contributed by atoms with van der Waals surface area (Å²) in [5.74, 6) is 1.07. The molecule has 1 unspecified atom stereocenters. The van der Waals surface area contributed by atoms with Crippen molar-refractivity contribution in [1.29, 1.82) is 0 Å². The molecule has 5 heteroatoms. The van der Waals surface area contributed by atoms with Gasteiger partial charge in [0, 0.05) is 25.2 Å². The molecule has 2 heterocycles. The monoisotopic (exact) mass is 352 g/mol. The van der Waals surface area contributed by atoms with E-state index < -0.39 is 0 Å². The third kappa shape index (κ3) is 4.59. The molecule has 3 rings (SSSR count). The van der Waals surface area contributed by atoms with Gasteiger partial charge in [0.1, 0.15) is 0 Å². The second kappa shape index (κ2) is 8.79. The van der Waals surface area contributed by atoms with E-state index in [4.69, 9.17) is 0 Å². The van der Waals surface area contributed by atoms with Gasteiger partial charge in [-0.3, -0.25) is 4.79 Å². The van der Waals surface area contributed by atoms with E-state index in [0.29, 0.717) is 0 Å². The zero-order valence-electron chi connectivity index (χ0n) is 15.7. The number of amides is 1. The van der Waals surface area contributed by atoms with Gasteiger partial charge in [0.15, 0.2) is 5.82 Å². The van der Waals surface area contributed by atoms with Crippen LogP contribution in [0.2, 0.25) is 0 Å². The highest BCUT2D eigenvalue weighted by atomic mass is 16.1. The second-order valence-corrected chi connectivity index (χ2v) is 7.07. The van der Waals surface area contributed by atoms with Gasteiger partial charge in [0.2, 0.25) is 5.91 Å². The molecule has 0 spiro atoms. The van der Waals surface area contributed by atoms with E-state index in [1.165, 1.54) is 5.56 Å². The minimum atomic E-state index is 0.0409. The van der Waals surface area contributed by atoms with E-state index in [0.717, 1.165) is 62.4 Å². The zero-order chi connectivity index (χ0) is 18.4. The molecule has 1 aromatic heterocycles. The predicted octanol–water partition coefficient (Wildman–Crippen LogP) is 3.58. The van der Waals surface area contributed by atoms with Crippen molar-refractivity contribution in [3.05, 3.63) is 42.0 Å². The Kier molecular flexibility index (Phi) is 6.21. The number of unbranched alkanes of at least 4 members (excludes halogenated alkanes) is 1. The molecule has 0 bridgehead atoms. The van der Waals surface area contributed by atoms with Crippen LogP contribution in [0.3, 0.4) is 0 Å². The molecule has 2 aromatic rings. The Morgan fingerprint density at radius 3 is 2.69 bits per heavy atom. The fourth-order valence-corrected chi connectivity index (χ4v) is 3.30. The van der Waals surface area contributed by atoms with E-state index in [1.54, 1.807) is 0 Å². The Morgan fingerprint density at radius 1 is 1.19 bits per heavy atom. The molecule has 1 atom stereocenters. The number of aromatic nitrogens is 2. The average Bonchev–Trinajstić information content (AvgIpc) is 2.69. The molecule has 1 aliphatic rings. The number of nitrogens with zero attached hydrogens (tertiary/aromatic N) is 3. The summed E-state index contributed by atoms with van der Waals surface area (Å²) < 4.78 is 0. The number of hydrogen-bond acceptors (Lipinski definition) is 4. The lowest BCUT2D eigenvalue weighted by Gasteiger charge is -2.32. The molecule has 0 radical (unpaired) electrons. The SMILES string of the molecule is CCCCNC(=O)C1CCCN(c2ccc(-c3ccc(C)cc3)nn2)C1. The largest absolute Gasteiger partial charge is 0.356 e. The first-order valence-corrected chi connectivity index (χ1v) is 9.61. The molecule has 1 aliphatic heterocycles. The van der Waals surface area contributed by atoms with Crippen LogP contribution in [-0.2, 0) is 4.79 Å². The summed E-state index contributed by atoms with van der Waals surface area (Å²) in [5, 5.41) is 11.9. The minimum absolute atomic E-state index is 0.0409. The summed E-state index contributed by atoms with van der Waals surface area (Å²) in [7, 11) is 0. The number of piperidine rings is 1. The summed E-state index contributed by atoms with van der Waals surface area (Å²) in [6, 6.07) is 12.3. The molecule has 1 saturated heterocycles. The Hall–Kier alpha value is -2.43. The van der Waals surface area contributed by atoms with Crippen molar-refractivity contribution in [3.8, 4) is 11.3 Å². The summed E-state index contributed by atoms with van der Waals surface area (Å²) in [6.45, 7) is 6.63. The standard InChI is InChI=1S/C21H28N4O/c1-3-4-13-22-21(26)18-6-5-14-25(15-18)20-12-11-19(23-24-20)17-9-7-16(2)8-10-17/h7-12,18H,3-6,13-15H2,1-2H3,(H,22,26). The number of aryl methyl sites for hydroxylation is 1. The molecular weight excluding hydrogens is 324 g/mol. The highest BCUT2D eigenvalue weighted by molar-refractivity contribution is 5.79. The summed E-state index contributed by atoms with van der Waals surface area (Å²) >= 11 is 0. The van der Waals surface area contributed by atoms with Crippen LogP contribution in [0.15, 0.2) is 36.4 Å². The quantitative estimate of drug-likeness (QED) is 0.807. The molecule has 1 fully saturated rings. The number of nitrogens with one attached hydrogen (secondary N) is 1. The van der Waals surface area contributed by atoms with Gasteiger partial charge in [-0.15, -0.1) is 10.2 Å². The highest BCUT2D eigenvalue weighted by Gasteiger charge is 2.26. The van der Waals surface area contributed by atoms with Gasteiger partial charge in [-0.1, -0.05) is 43.2 Å². The fraction of sp³-hybridized carbons (Fsp3) is 0.476. The number of hydrogen-bond donors (Lipinski definition) is 1. The topological polar surface area (TPSA) is 58.1 Å². The maximum Gasteiger partial charge on any atom is 0.224 e. The summed E-state index contributed by atoms with van der Waals surface area (Å²) in [5.41, 5.74) is 3.18. The first-order chi connectivity index (χ1) is 12.7. The van der Waals surface area contributed by atoms with Crippen molar-refractivity contribution in [1.82, 2.24) is 15.5 Å². The van der Waals surface area contributed by atoms with Crippen LogP contribution >= 0.6 is 0 Å². The molecule has 1 aromatic carbocycles. The van der Waals surface area contributed by atoms with Gasteiger partial charge in [-0.2, -0.15) is 0 Å². The van der Waals surface area contributed by atoms with Crippen LogP contribution in [0.1, 0.15) is 38.2 Å². The Bertz CT molecular complexity index is 712. The van der Waals surface area contributed by atoms with E-state index in [9.17, 15) is 4.79 Å². The van der Waals surface area contributed by atoms with E-state index in [2.05, 4.69) is 58.5 Å². The molecule has 0 aliphatic carbocycles. The van der Waals surface area contributed by atoms with Gasteiger partial charge in [0.05, 0.1) is 11.6 Å². The Labute approximate surface area is 155 Å². The van der Waals surface area contributed by atoms with Crippen molar-refractivity contribution < 1.29 is 4.79 Å². The lowest BCUT2D eigenvalue weighted by molar-refractivity contribution is -0.125. The van der Waals surface area contributed by atoms with Crippen molar-refractivity contribution in [2.24, 2.45) is 5.92 Å². The minimum Gasteiger partial charge on any atom is -0.356 e. The highest BCUT2D eigenvalue weighted by Crippen LogP contribution is 2.23. The van der Waals surface area contributed by atoms with Gasteiger partial charge < -0.3 is 10.2 Å². The van der Waals surface area contributed by atoms with Gasteiger partial charge in [-0.25, -0.2) is 0 Å². The molecular formula is C21H28N4O. The maximum atomic E-state index is 12.3. The average molecular weight is 352 g/mol. The summed E-state index contributed by atoms with van der Waals surface area (Å²) in [4.78, 5) is 14.5. The molecule has 0 saturated carbocycles. The van der Waals surface area contributed by atoms with Crippen LogP contribution in [0, 0.1) is 12.8 Å². The van der Waals surface area contributed by atoms with Crippen LogP contribution < -0.4 is 10.2 Å². The van der Waals surface area contributed by atoms with Gasteiger partial charge in [0.25, 0.3) is 0 Å². The van der Waals surface area contributed by atoms with Crippen molar-refractivity contribution in [3.63, 3.8) is 0 Å². The lowest BCUT2D eigenvalue weighted by Crippen LogP contribution is -2.43. The van der Waals surface area contributed by atoms with Crippen LogP contribution in [0.25, 0.3) is 11.3 Å². The molecule has 5 nitrogen and oxygen atoms in total. The first kappa shape index (κ1) is 18.4. The number of carbonyl (C=O) groups is 1. The second-order valence-electron chi connectivity index (χ2n) is 7.07. The van der Waals surface area contributed by atoms with Crippen LogP contribution in [-0.4, -0.2) is 35.7 Å².